The van der Waals surface area contributed by atoms with Gasteiger partial charge in [-0.1, -0.05) is 19.3 Å². The molecule has 0 radical (unpaired) electrons. The first-order chi connectivity index (χ1) is 21.3. The van der Waals surface area contributed by atoms with Crippen molar-refractivity contribution >= 4 is 28.8 Å². The van der Waals surface area contributed by atoms with E-state index in [9.17, 15) is 28.3 Å². The quantitative estimate of drug-likeness (QED) is 0.257. The Morgan fingerprint density at radius 1 is 0.841 bits per heavy atom. The lowest BCUT2D eigenvalue weighted by Crippen LogP contribution is -2.57. The van der Waals surface area contributed by atoms with Gasteiger partial charge in [-0.15, -0.1) is 0 Å². The Balaban J connectivity index is 1.37. The molecule has 1 unspecified atom stereocenters. The second-order valence-corrected chi connectivity index (χ2v) is 11.0. The van der Waals surface area contributed by atoms with Crippen molar-refractivity contribution in [1.82, 2.24) is 19.7 Å². The third kappa shape index (κ3) is 8.87. The maximum Gasteiger partial charge on any atom is 0.405 e. The van der Waals surface area contributed by atoms with Gasteiger partial charge in [0.05, 0.1) is 51.8 Å². The predicted molar refractivity (Wildman–Crippen MR) is 155 cm³/mol. The third-order valence-corrected chi connectivity index (χ3v) is 8.15. The monoisotopic (exact) mass is 624 g/mol. The molecule has 12 nitrogen and oxygen atoms in total. The normalized spacial score (nSPS) is 16.8. The number of fused-ring (bicyclic) bond motifs is 1. The van der Waals surface area contributed by atoms with E-state index >= 15 is 0 Å². The lowest BCUT2D eigenvalue weighted by Gasteiger charge is -2.38. The van der Waals surface area contributed by atoms with Crippen molar-refractivity contribution in [3.8, 4) is 0 Å². The highest BCUT2D eigenvalue weighted by Crippen LogP contribution is 2.28. The molecule has 2 aliphatic rings. The Morgan fingerprint density at radius 3 is 2.07 bits per heavy atom. The maximum absolute atomic E-state index is 14.2. The number of carboxylic acid groups (broad SMARTS) is 1. The maximum atomic E-state index is 14.2. The largest absolute Gasteiger partial charge is 0.465 e. The molecule has 4 rings (SSSR count). The van der Waals surface area contributed by atoms with Crippen LogP contribution < -0.4 is 5.32 Å². The van der Waals surface area contributed by atoms with Gasteiger partial charge in [-0.25, -0.2) is 13.6 Å². The topological polar surface area (TPSA) is 143 Å². The van der Waals surface area contributed by atoms with Crippen LogP contribution in [0, 0.1) is 17.6 Å². The highest BCUT2D eigenvalue weighted by Gasteiger charge is 2.36. The van der Waals surface area contributed by atoms with E-state index in [1.807, 2.05) is 0 Å². The first-order valence-corrected chi connectivity index (χ1v) is 15.2. The summed E-state index contributed by atoms with van der Waals surface area (Å²) in [6.07, 6.45) is 3.34. The van der Waals surface area contributed by atoms with Crippen LogP contribution in [-0.4, -0.2) is 121 Å². The van der Waals surface area contributed by atoms with Crippen molar-refractivity contribution in [2.45, 2.75) is 44.7 Å². The standard InChI is InChI=1S/C30H42F2N4O8/c31-23-18-22-19-26(36(25(22)20-24(23)32)10-12-42-14-16-44-17-15-43-13-11-37)28(38)34-6-8-35(9-7-34)29(39)27(33-30(40)41)21-4-2-1-3-5-21/h18-21,27,33,37H,1-17H2,(H,40,41). The molecule has 244 valence electrons. The molecular weight excluding hydrogens is 582 g/mol. The number of nitrogens with one attached hydrogen (secondary N) is 1. The number of benzene rings is 1. The number of halogens is 2. The minimum absolute atomic E-state index is 0.0526. The summed E-state index contributed by atoms with van der Waals surface area (Å²) in [7, 11) is 0. The molecule has 1 atom stereocenters. The van der Waals surface area contributed by atoms with E-state index < -0.39 is 23.8 Å². The van der Waals surface area contributed by atoms with Crippen LogP contribution in [0.2, 0.25) is 0 Å². The molecule has 1 aromatic heterocycles. The van der Waals surface area contributed by atoms with Crippen molar-refractivity contribution < 1.29 is 47.6 Å². The number of aliphatic hydroxyl groups excluding tert-OH is 1. The van der Waals surface area contributed by atoms with Crippen LogP contribution in [0.25, 0.3) is 10.9 Å². The molecule has 0 spiro atoms. The third-order valence-electron chi connectivity index (χ3n) is 8.15. The van der Waals surface area contributed by atoms with Crippen molar-refractivity contribution in [3.63, 3.8) is 0 Å². The van der Waals surface area contributed by atoms with Gasteiger partial charge in [-0.2, -0.15) is 0 Å². The first-order valence-electron chi connectivity index (χ1n) is 15.2. The van der Waals surface area contributed by atoms with Crippen LogP contribution in [0.5, 0.6) is 0 Å². The van der Waals surface area contributed by atoms with Gasteiger partial charge >= 0.3 is 6.09 Å². The Hall–Kier alpha value is -3.33. The van der Waals surface area contributed by atoms with Crippen LogP contribution in [0.1, 0.15) is 42.6 Å². The number of carbonyl (C=O) groups excluding carboxylic acids is 2. The van der Waals surface area contributed by atoms with E-state index in [2.05, 4.69) is 5.32 Å². The highest BCUT2D eigenvalue weighted by molar-refractivity contribution is 5.99. The van der Waals surface area contributed by atoms with Crippen LogP contribution in [0.4, 0.5) is 13.6 Å². The smallest absolute Gasteiger partial charge is 0.405 e. The van der Waals surface area contributed by atoms with E-state index in [0.717, 1.165) is 44.2 Å². The number of hydrogen-bond donors (Lipinski definition) is 3. The Labute approximate surface area is 254 Å². The number of rotatable bonds is 15. The van der Waals surface area contributed by atoms with Gasteiger partial charge in [0, 0.05) is 44.2 Å². The lowest BCUT2D eigenvalue weighted by molar-refractivity contribution is -0.136. The fraction of sp³-hybridized carbons (Fsp3) is 0.633. The van der Waals surface area contributed by atoms with E-state index in [1.165, 1.54) is 6.07 Å². The fourth-order valence-electron chi connectivity index (χ4n) is 5.91. The summed E-state index contributed by atoms with van der Waals surface area (Å²) >= 11 is 0. The molecule has 2 fully saturated rings. The summed E-state index contributed by atoms with van der Waals surface area (Å²) in [6, 6.07) is 2.84. The average Bonchev–Trinajstić information content (AvgIpc) is 3.37. The molecule has 1 aliphatic carbocycles. The van der Waals surface area contributed by atoms with Gasteiger partial charge < -0.3 is 44.1 Å². The average molecular weight is 625 g/mol. The summed E-state index contributed by atoms with van der Waals surface area (Å²) in [4.78, 5) is 41.7. The van der Waals surface area contributed by atoms with Gasteiger partial charge in [-0.3, -0.25) is 9.59 Å². The number of hydrogen-bond acceptors (Lipinski definition) is 7. The Bertz CT molecular complexity index is 1260. The molecule has 1 saturated carbocycles. The zero-order valence-corrected chi connectivity index (χ0v) is 24.8. The van der Waals surface area contributed by atoms with Gasteiger partial charge in [0.25, 0.3) is 5.91 Å². The molecule has 2 aromatic rings. The molecular formula is C30H42F2N4O8. The molecule has 1 aliphatic heterocycles. The van der Waals surface area contributed by atoms with Crippen molar-refractivity contribution in [2.24, 2.45) is 5.92 Å². The summed E-state index contributed by atoms with van der Waals surface area (Å²) in [5.41, 5.74) is 0.607. The minimum Gasteiger partial charge on any atom is -0.465 e. The molecule has 44 heavy (non-hydrogen) atoms. The van der Waals surface area contributed by atoms with Gasteiger partial charge in [0.1, 0.15) is 11.7 Å². The number of aliphatic hydroxyl groups is 1. The van der Waals surface area contributed by atoms with Crippen LogP contribution >= 0.6 is 0 Å². The van der Waals surface area contributed by atoms with Crippen molar-refractivity contribution in [1.29, 1.82) is 0 Å². The minimum atomic E-state index is -1.23. The molecule has 14 heteroatoms. The molecule has 3 N–H and O–H groups in total. The summed E-state index contributed by atoms with van der Waals surface area (Å²) in [5, 5.41) is 20.9. The van der Waals surface area contributed by atoms with Crippen LogP contribution in [0.15, 0.2) is 18.2 Å². The Kier molecular flexibility index (Phi) is 12.7. The van der Waals surface area contributed by atoms with Gasteiger partial charge in [-0.05, 0) is 30.9 Å². The van der Waals surface area contributed by atoms with Gasteiger partial charge in [0.2, 0.25) is 5.91 Å². The van der Waals surface area contributed by atoms with Crippen LogP contribution in [-0.2, 0) is 25.5 Å². The van der Waals surface area contributed by atoms with Crippen molar-refractivity contribution in [3.05, 3.63) is 35.5 Å². The van der Waals surface area contributed by atoms with E-state index in [1.54, 1.807) is 14.4 Å². The fourth-order valence-corrected chi connectivity index (χ4v) is 5.91. The van der Waals surface area contributed by atoms with E-state index in [-0.39, 0.29) is 82.6 Å². The zero-order valence-electron chi connectivity index (χ0n) is 24.8. The predicted octanol–water partition coefficient (Wildman–Crippen LogP) is 2.46. The SMILES string of the molecule is O=C(O)NC(C(=O)N1CCN(C(=O)c2cc3cc(F)c(F)cc3n2CCOCCOCCOCCO)CC1)C1CCCCC1. The molecule has 1 aromatic carbocycles. The molecule has 3 amide bonds. The van der Waals surface area contributed by atoms with E-state index in [0.29, 0.717) is 30.7 Å². The molecule has 0 bridgehead atoms. The summed E-state index contributed by atoms with van der Waals surface area (Å²) < 4.78 is 46.0. The van der Waals surface area contributed by atoms with Crippen molar-refractivity contribution in [2.75, 3.05) is 72.4 Å². The number of aromatic nitrogens is 1. The highest BCUT2D eigenvalue weighted by atomic mass is 19.2. The Morgan fingerprint density at radius 2 is 1.43 bits per heavy atom. The lowest BCUT2D eigenvalue weighted by atomic mass is 9.83. The zero-order chi connectivity index (χ0) is 31.5. The first kappa shape index (κ1) is 33.6. The number of piperazine rings is 1. The molecule has 1 saturated heterocycles. The number of ether oxygens (including phenoxy) is 3. The molecule has 2 heterocycles. The van der Waals surface area contributed by atoms with E-state index in [4.69, 9.17) is 19.3 Å². The number of carbonyl (C=O) groups is 3. The summed E-state index contributed by atoms with van der Waals surface area (Å²) in [5.74, 6) is -2.70. The number of nitrogens with zero attached hydrogens (tertiary/aromatic N) is 3. The second-order valence-electron chi connectivity index (χ2n) is 11.0. The van der Waals surface area contributed by atoms with Crippen LogP contribution in [0.3, 0.4) is 0 Å². The van der Waals surface area contributed by atoms with Gasteiger partial charge in [0.15, 0.2) is 11.6 Å². The second kappa shape index (κ2) is 16.7. The number of amides is 3. The summed E-state index contributed by atoms with van der Waals surface area (Å²) in [6.45, 7) is 2.83.